The van der Waals surface area contributed by atoms with Crippen LogP contribution in [0.1, 0.15) is 36.5 Å². The average Bonchev–Trinajstić information content (AvgIpc) is 3.35. The largest absolute Gasteiger partial charge is 0.485 e. The molecule has 5 rings (SSSR count). The van der Waals surface area contributed by atoms with E-state index in [0.29, 0.717) is 17.3 Å². The van der Waals surface area contributed by atoms with Gasteiger partial charge in [0.15, 0.2) is 0 Å². The van der Waals surface area contributed by atoms with Crippen molar-refractivity contribution in [1.82, 2.24) is 10.3 Å². The zero-order valence-electron chi connectivity index (χ0n) is 17.9. The van der Waals surface area contributed by atoms with E-state index < -0.39 is 0 Å². The molecule has 3 heterocycles. The van der Waals surface area contributed by atoms with Gasteiger partial charge >= 0.3 is 0 Å². The summed E-state index contributed by atoms with van der Waals surface area (Å²) in [6, 6.07) is 15.6. The topological polar surface area (TPSA) is 72.5 Å². The zero-order chi connectivity index (χ0) is 21.9. The zero-order valence-corrected chi connectivity index (χ0v) is 18.7. The van der Waals surface area contributed by atoms with Crippen LogP contribution < -0.4 is 20.1 Å². The predicted octanol–water partition coefficient (Wildman–Crippen LogP) is 5.19. The molecule has 33 heavy (non-hydrogen) atoms. The summed E-state index contributed by atoms with van der Waals surface area (Å²) in [7, 11) is 0. The van der Waals surface area contributed by atoms with Gasteiger partial charge in [-0.2, -0.15) is 0 Å². The Bertz CT molecular complexity index is 1120. The van der Waals surface area contributed by atoms with Crippen molar-refractivity contribution in [3.63, 3.8) is 0 Å². The Morgan fingerprint density at radius 3 is 2.82 bits per heavy atom. The van der Waals surface area contributed by atoms with Gasteiger partial charge in [0, 0.05) is 6.07 Å². The molecular weight excluding hydrogens is 445 g/mol. The lowest BCUT2D eigenvalue weighted by molar-refractivity contribution is -0.117. The minimum Gasteiger partial charge on any atom is -0.485 e. The van der Waals surface area contributed by atoms with Crippen molar-refractivity contribution in [1.29, 1.82) is 0 Å². The van der Waals surface area contributed by atoms with Crippen LogP contribution in [0.15, 0.2) is 60.8 Å². The number of rotatable bonds is 5. The molecule has 1 fully saturated rings. The number of anilines is 1. The molecule has 8 heteroatoms. The first-order valence-electron chi connectivity index (χ1n) is 10.9. The lowest BCUT2D eigenvalue weighted by Crippen LogP contribution is -2.35. The van der Waals surface area contributed by atoms with Crippen molar-refractivity contribution < 1.29 is 18.7 Å². The maximum atomic E-state index is 13.5. The molecule has 172 valence electrons. The highest BCUT2D eigenvalue weighted by Gasteiger charge is 2.23. The summed E-state index contributed by atoms with van der Waals surface area (Å²) < 4.78 is 25.5. The molecule has 0 spiro atoms. The maximum absolute atomic E-state index is 13.5. The van der Waals surface area contributed by atoms with Crippen molar-refractivity contribution in [2.75, 3.05) is 11.9 Å². The molecule has 0 aliphatic carbocycles. The molecule has 1 unspecified atom stereocenters. The molecule has 0 saturated carbocycles. The SMILES string of the molecule is Cl.O=C(Nc1ccc(Oc2ccc3c(c2)CCC(c2cccc(F)c2)O3)nc1)[C@@H]1CCCN1. The van der Waals surface area contributed by atoms with E-state index in [1.54, 1.807) is 24.4 Å². The number of halogens is 2. The van der Waals surface area contributed by atoms with E-state index in [0.717, 1.165) is 49.1 Å². The summed E-state index contributed by atoms with van der Waals surface area (Å²) >= 11 is 0. The van der Waals surface area contributed by atoms with Crippen LogP contribution >= 0.6 is 12.4 Å². The molecule has 6 nitrogen and oxygen atoms in total. The first-order chi connectivity index (χ1) is 15.6. The number of benzene rings is 2. The van der Waals surface area contributed by atoms with Gasteiger partial charge in [-0.25, -0.2) is 9.37 Å². The predicted molar refractivity (Wildman–Crippen MR) is 126 cm³/mol. The Morgan fingerprint density at radius 1 is 1.15 bits per heavy atom. The number of hydrogen-bond donors (Lipinski definition) is 2. The molecule has 0 bridgehead atoms. The fourth-order valence-corrected chi connectivity index (χ4v) is 4.14. The van der Waals surface area contributed by atoms with Gasteiger partial charge in [0.25, 0.3) is 0 Å². The summed E-state index contributed by atoms with van der Waals surface area (Å²) in [5, 5.41) is 6.05. The summed E-state index contributed by atoms with van der Waals surface area (Å²) in [5.74, 6) is 1.59. The summed E-state index contributed by atoms with van der Waals surface area (Å²) in [6.07, 6.45) is 4.87. The van der Waals surface area contributed by atoms with E-state index in [2.05, 4.69) is 15.6 Å². The molecule has 1 saturated heterocycles. The fraction of sp³-hybridized carbons (Fsp3) is 0.280. The molecule has 2 atom stereocenters. The fourth-order valence-electron chi connectivity index (χ4n) is 4.14. The number of pyridine rings is 1. The van der Waals surface area contributed by atoms with E-state index in [1.165, 1.54) is 12.1 Å². The van der Waals surface area contributed by atoms with Gasteiger partial charge in [-0.1, -0.05) is 12.1 Å². The Balaban J connectivity index is 0.00000259. The van der Waals surface area contributed by atoms with Crippen LogP contribution in [0.3, 0.4) is 0 Å². The lowest BCUT2D eigenvalue weighted by atomic mass is 9.97. The van der Waals surface area contributed by atoms with Crippen molar-refractivity contribution in [3.8, 4) is 17.4 Å². The molecule has 3 aromatic rings. The van der Waals surface area contributed by atoms with Crippen LogP contribution in [0.2, 0.25) is 0 Å². The highest BCUT2D eigenvalue weighted by Crippen LogP contribution is 2.37. The van der Waals surface area contributed by atoms with Crippen molar-refractivity contribution in [2.45, 2.75) is 37.8 Å². The van der Waals surface area contributed by atoms with E-state index >= 15 is 0 Å². The number of ether oxygens (including phenoxy) is 2. The van der Waals surface area contributed by atoms with Crippen LogP contribution in [0.4, 0.5) is 10.1 Å². The first-order valence-corrected chi connectivity index (χ1v) is 10.9. The van der Waals surface area contributed by atoms with Gasteiger partial charge in [-0.05, 0) is 79.8 Å². The molecular formula is C25H25ClFN3O3. The Hall–Kier alpha value is -3.16. The first kappa shape index (κ1) is 23.0. The van der Waals surface area contributed by atoms with Gasteiger partial charge in [0.05, 0.1) is 17.9 Å². The van der Waals surface area contributed by atoms with Crippen molar-refractivity contribution in [3.05, 3.63) is 77.7 Å². The van der Waals surface area contributed by atoms with Crippen LogP contribution in [0, 0.1) is 5.82 Å². The van der Waals surface area contributed by atoms with Gasteiger partial charge < -0.3 is 20.1 Å². The van der Waals surface area contributed by atoms with Gasteiger partial charge in [-0.15, -0.1) is 12.4 Å². The van der Waals surface area contributed by atoms with E-state index in [-0.39, 0.29) is 36.3 Å². The maximum Gasteiger partial charge on any atom is 0.241 e. The van der Waals surface area contributed by atoms with Gasteiger partial charge in [0.1, 0.15) is 23.4 Å². The van der Waals surface area contributed by atoms with Crippen molar-refractivity contribution in [2.24, 2.45) is 0 Å². The van der Waals surface area contributed by atoms with E-state index in [9.17, 15) is 9.18 Å². The minimum atomic E-state index is -0.256. The normalized spacial score (nSPS) is 19.1. The summed E-state index contributed by atoms with van der Waals surface area (Å²) in [5.41, 5.74) is 2.53. The Labute approximate surface area is 197 Å². The second-order valence-corrected chi connectivity index (χ2v) is 8.10. The third-order valence-electron chi connectivity index (χ3n) is 5.80. The van der Waals surface area contributed by atoms with Crippen LogP contribution in [-0.2, 0) is 11.2 Å². The number of hydrogen-bond acceptors (Lipinski definition) is 5. The van der Waals surface area contributed by atoms with Crippen molar-refractivity contribution >= 4 is 24.0 Å². The number of amides is 1. The van der Waals surface area contributed by atoms with Gasteiger partial charge in [0.2, 0.25) is 11.8 Å². The van der Waals surface area contributed by atoms with Crippen LogP contribution in [0.25, 0.3) is 0 Å². The molecule has 2 aliphatic rings. The van der Waals surface area contributed by atoms with Crippen LogP contribution in [0.5, 0.6) is 17.4 Å². The molecule has 2 aromatic carbocycles. The number of fused-ring (bicyclic) bond motifs is 1. The smallest absolute Gasteiger partial charge is 0.241 e. The number of aryl methyl sites for hydroxylation is 1. The third kappa shape index (κ3) is 5.43. The molecule has 0 radical (unpaired) electrons. The average molecular weight is 470 g/mol. The Kier molecular flexibility index (Phi) is 7.11. The highest BCUT2D eigenvalue weighted by molar-refractivity contribution is 5.94. The third-order valence-corrected chi connectivity index (χ3v) is 5.80. The van der Waals surface area contributed by atoms with Crippen LogP contribution in [-0.4, -0.2) is 23.5 Å². The van der Waals surface area contributed by atoms with E-state index in [1.807, 2.05) is 24.3 Å². The number of aromatic nitrogens is 1. The second-order valence-electron chi connectivity index (χ2n) is 8.10. The monoisotopic (exact) mass is 469 g/mol. The van der Waals surface area contributed by atoms with E-state index in [4.69, 9.17) is 9.47 Å². The minimum absolute atomic E-state index is 0. The standard InChI is InChI=1S/C25H24FN3O3.ClH/c26-18-4-1-3-16(13-18)22-9-6-17-14-20(8-10-23(17)32-22)31-24-11-7-19(15-28-24)29-25(30)21-5-2-12-27-21;/h1,3-4,7-8,10-11,13-15,21-22,27H,2,5-6,9,12H2,(H,29,30);1H/t21-,22?;/m0./s1. The number of nitrogens with zero attached hydrogens (tertiary/aromatic N) is 1. The number of nitrogens with one attached hydrogen (secondary N) is 2. The molecule has 1 aromatic heterocycles. The summed E-state index contributed by atoms with van der Waals surface area (Å²) in [6.45, 7) is 0.875. The molecule has 1 amide bonds. The lowest BCUT2D eigenvalue weighted by Gasteiger charge is -2.26. The highest BCUT2D eigenvalue weighted by atomic mass is 35.5. The van der Waals surface area contributed by atoms with Gasteiger partial charge in [-0.3, -0.25) is 4.79 Å². The summed E-state index contributed by atoms with van der Waals surface area (Å²) in [4.78, 5) is 16.5. The second kappa shape index (κ2) is 10.2. The number of carbonyl (C=O) groups is 1. The quantitative estimate of drug-likeness (QED) is 0.538. The molecule has 2 N–H and O–H groups in total. The Morgan fingerprint density at radius 2 is 2.06 bits per heavy atom. The number of carbonyl (C=O) groups excluding carboxylic acids is 1. The molecule has 2 aliphatic heterocycles.